The highest BCUT2D eigenvalue weighted by atomic mass is 16.6. The van der Waals surface area contributed by atoms with Gasteiger partial charge in [0.1, 0.15) is 11.7 Å². The minimum absolute atomic E-state index is 0.115. The molecule has 176 valence electrons. The van der Waals surface area contributed by atoms with Crippen molar-refractivity contribution in [3.63, 3.8) is 0 Å². The fraction of sp³-hybridized carbons (Fsp3) is 0.120. The molecule has 0 saturated heterocycles. The molecule has 4 aromatic rings. The quantitative estimate of drug-likeness (QED) is 0.282. The third kappa shape index (κ3) is 5.63. The molecule has 0 fully saturated rings. The summed E-state index contributed by atoms with van der Waals surface area (Å²) >= 11 is 0. The van der Waals surface area contributed by atoms with Crippen molar-refractivity contribution in [1.82, 2.24) is 30.5 Å². The molecule has 0 aliphatic heterocycles. The van der Waals surface area contributed by atoms with Crippen LogP contribution in [-0.2, 0) is 20.8 Å². The predicted molar refractivity (Wildman–Crippen MR) is 126 cm³/mol. The molecule has 0 bridgehead atoms. The zero-order valence-corrected chi connectivity index (χ0v) is 18.8. The maximum absolute atomic E-state index is 13.3. The van der Waals surface area contributed by atoms with Gasteiger partial charge in [0, 0.05) is 25.0 Å². The van der Waals surface area contributed by atoms with Crippen molar-refractivity contribution in [3.05, 3.63) is 96.4 Å². The summed E-state index contributed by atoms with van der Waals surface area (Å²) < 4.78 is 1.46. The summed E-state index contributed by atoms with van der Waals surface area (Å²) in [6.45, 7) is 0. The Morgan fingerprint density at radius 3 is 2.43 bits per heavy atom. The molecular weight excluding hydrogens is 448 g/mol. The molecule has 2 amide bonds. The summed E-state index contributed by atoms with van der Waals surface area (Å²) in [5, 5.41) is 7.16. The van der Waals surface area contributed by atoms with E-state index in [4.69, 9.17) is 0 Å². The molecule has 0 radical (unpaired) electrons. The lowest BCUT2D eigenvalue weighted by atomic mass is 10.0. The van der Waals surface area contributed by atoms with E-state index in [1.807, 2.05) is 41.9 Å². The monoisotopic (exact) mass is 470 g/mol. The second-order valence-corrected chi connectivity index (χ2v) is 7.45. The topological polar surface area (TPSA) is 128 Å². The van der Waals surface area contributed by atoms with Gasteiger partial charge >= 0.3 is 5.91 Å². The van der Waals surface area contributed by atoms with Gasteiger partial charge in [-0.15, -0.1) is 0 Å². The standard InChI is InChI=1S/C25H22N6O4/c1-35-30-25(34)22(32)21(16-17-8-3-2-4-9-17)28-24(33)18-10-7-14-27-23(18)31-15-12-20(29-31)19-11-5-6-13-26-19/h2-15,21H,16H2,1H3,(H,28,33)(H,30,34)/t21-/m1/s1. The fourth-order valence-corrected chi connectivity index (χ4v) is 3.45. The summed E-state index contributed by atoms with van der Waals surface area (Å²) in [6.07, 6.45) is 4.98. The maximum atomic E-state index is 13.3. The number of hydrogen-bond acceptors (Lipinski definition) is 7. The molecule has 0 aliphatic rings. The molecule has 0 unspecified atom stereocenters. The number of hydrogen-bond donors (Lipinski definition) is 2. The second-order valence-electron chi connectivity index (χ2n) is 7.45. The van der Waals surface area contributed by atoms with E-state index in [9.17, 15) is 14.4 Å². The Balaban J connectivity index is 1.61. The van der Waals surface area contributed by atoms with Crippen molar-refractivity contribution in [3.8, 4) is 17.2 Å². The van der Waals surface area contributed by atoms with E-state index in [0.29, 0.717) is 11.4 Å². The molecule has 0 aliphatic carbocycles. The van der Waals surface area contributed by atoms with E-state index < -0.39 is 23.6 Å². The van der Waals surface area contributed by atoms with Crippen LogP contribution in [0.25, 0.3) is 17.2 Å². The van der Waals surface area contributed by atoms with Crippen molar-refractivity contribution in [2.75, 3.05) is 7.11 Å². The smallest absolute Gasteiger partial charge is 0.313 e. The van der Waals surface area contributed by atoms with Crippen LogP contribution in [0.3, 0.4) is 0 Å². The molecule has 1 aromatic carbocycles. The van der Waals surface area contributed by atoms with Crippen LogP contribution < -0.4 is 10.8 Å². The van der Waals surface area contributed by atoms with Crippen LogP contribution >= 0.6 is 0 Å². The highest BCUT2D eigenvalue weighted by Crippen LogP contribution is 2.17. The Hall–Kier alpha value is -4.70. The molecule has 2 N–H and O–H groups in total. The van der Waals surface area contributed by atoms with Crippen molar-refractivity contribution in [2.24, 2.45) is 0 Å². The number of rotatable bonds is 9. The van der Waals surface area contributed by atoms with Gasteiger partial charge in [-0.05, 0) is 35.9 Å². The number of amides is 2. The van der Waals surface area contributed by atoms with Gasteiger partial charge in [-0.2, -0.15) is 5.10 Å². The number of nitrogens with one attached hydrogen (secondary N) is 2. The number of carbonyl (C=O) groups excluding carboxylic acids is 3. The Kier molecular flexibility index (Phi) is 7.34. The first-order valence-electron chi connectivity index (χ1n) is 10.7. The van der Waals surface area contributed by atoms with E-state index in [2.05, 4.69) is 25.2 Å². The van der Waals surface area contributed by atoms with Gasteiger partial charge in [-0.1, -0.05) is 36.4 Å². The summed E-state index contributed by atoms with van der Waals surface area (Å²) in [7, 11) is 1.22. The summed E-state index contributed by atoms with van der Waals surface area (Å²) in [5.74, 6) is -2.12. The van der Waals surface area contributed by atoms with Crippen LogP contribution in [0.4, 0.5) is 0 Å². The number of hydroxylamine groups is 1. The lowest BCUT2D eigenvalue weighted by Gasteiger charge is -2.18. The average molecular weight is 470 g/mol. The zero-order chi connectivity index (χ0) is 24.6. The van der Waals surface area contributed by atoms with Gasteiger partial charge in [0.15, 0.2) is 5.82 Å². The molecule has 4 rings (SSSR count). The van der Waals surface area contributed by atoms with Crippen LogP contribution in [0.15, 0.2) is 85.3 Å². The summed E-state index contributed by atoms with van der Waals surface area (Å²) in [4.78, 5) is 51.4. The Labute approximate surface area is 200 Å². The highest BCUT2D eigenvalue weighted by molar-refractivity contribution is 6.38. The van der Waals surface area contributed by atoms with E-state index in [1.54, 1.807) is 42.7 Å². The summed E-state index contributed by atoms with van der Waals surface area (Å²) in [6, 6.07) is 18.3. The average Bonchev–Trinajstić information content (AvgIpc) is 3.39. The van der Waals surface area contributed by atoms with Crippen LogP contribution in [0, 0.1) is 0 Å². The van der Waals surface area contributed by atoms with Gasteiger partial charge in [-0.3, -0.25) is 24.2 Å². The minimum Gasteiger partial charge on any atom is -0.341 e. The number of pyridine rings is 2. The number of nitrogens with zero attached hydrogens (tertiary/aromatic N) is 4. The lowest BCUT2D eigenvalue weighted by molar-refractivity contribution is -0.145. The Morgan fingerprint density at radius 1 is 0.914 bits per heavy atom. The molecule has 1 atom stereocenters. The molecule has 35 heavy (non-hydrogen) atoms. The van der Waals surface area contributed by atoms with Crippen molar-refractivity contribution >= 4 is 17.6 Å². The normalized spacial score (nSPS) is 11.5. The second kappa shape index (κ2) is 10.9. The first kappa shape index (κ1) is 23.5. The molecule has 0 spiro atoms. The summed E-state index contributed by atoms with van der Waals surface area (Å²) in [5.41, 5.74) is 4.24. The SMILES string of the molecule is CONC(=O)C(=O)[C@@H](Cc1ccccc1)NC(=O)c1cccnc1-n1ccc(-c2ccccn2)n1. The third-order valence-electron chi connectivity index (χ3n) is 5.09. The van der Waals surface area contributed by atoms with Gasteiger partial charge in [-0.25, -0.2) is 15.1 Å². The number of aromatic nitrogens is 4. The molecule has 10 heteroatoms. The fourth-order valence-electron chi connectivity index (χ4n) is 3.45. The van der Waals surface area contributed by atoms with E-state index in [-0.39, 0.29) is 17.8 Å². The number of carbonyl (C=O) groups is 3. The van der Waals surface area contributed by atoms with Crippen molar-refractivity contribution in [2.45, 2.75) is 12.5 Å². The van der Waals surface area contributed by atoms with Crippen LogP contribution in [0.5, 0.6) is 0 Å². The first-order chi connectivity index (χ1) is 17.1. The Morgan fingerprint density at radius 2 is 1.69 bits per heavy atom. The molecule has 10 nitrogen and oxygen atoms in total. The number of benzene rings is 1. The Bertz CT molecular complexity index is 1320. The van der Waals surface area contributed by atoms with Gasteiger partial charge in [0.2, 0.25) is 5.78 Å². The predicted octanol–water partition coefficient (Wildman–Crippen LogP) is 1.92. The van der Waals surface area contributed by atoms with Crippen LogP contribution in [0.2, 0.25) is 0 Å². The van der Waals surface area contributed by atoms with E-state index in [0.717, 1.165) is 5.56 Å². The van der Waals surface area contributed by atoms with E-state index >= 15 is 0 Å². The molecule has 3 heterocycles. The molecule has 0 saturated carbocycles. The maximum Gasteiger partial charge on any atom is 0.313 e. The van der Waals surface area contributed by atoms with Gasteiger partial charge < -0.3 is 5.32 Å². The molecular formula is C25H22N6O4. The van der Waals surface area contributed by atoms with Gasteiger partial charge in [0.25, 0.3) is 5.91 Å². The zero-order valence-electron chi connectivity index (χ0n) is 18.8. The van der Waals surface area contributed by atoms with Crippen LogP contribution in [-0.4, -0.2) is 50.5 Å². The number of ketones is 1. The third-order valence-corrected chi connectivity index (χ3v) is 5.09. The first-order valence-corrected chi connectivity index (χ1v) is 10.7. The van der Waals surface area contributed by atoms with Gasteiger partial charge in [0.05, 0.1) is 18.4 Å². The van der Waals surface area contributed by atoms with Crippen molar-refractivity contribution in [1.29, 1.82) is 0 Å². The largest absolute Gasteiger partial charge is 0.341 e. The number of Topliss-reactive ketones (excluding diaryl/α,β-unsaturated/α-hetero) is 1. The van der Waals surface area contributed by atoms with Crippen molar-refractivity contribution < 1.29 is 19.2 Å². The molecule has 3 aromatic heterocycles. The minimum atomic E-state index is -1.13. The van der Waals surface area contributed by atoms with Crippen LogP contribution in [0.1, 0.15) is 15.9 Å². The highest BCUT2D eigenvalue weighted by Gasteiger charge is 2.29. The van der Waals surface area contributed by atoms with E-state index in [1.165, 1.54) is 18.0 Å². The lowest BCUT2D eigenvalue weighted by Crippen LogP contribution is -2.48.